The summed E-state index contributed by atoms with van der Waals surface area (Å²) in [6.45, 7) is 1.91. The second-order valence-corrected chi connectivity index (χ2v) is 5.91. The topological polar surface area (TPSA) is 101 Å². The first-order valence-corrected chi connectivity index (χ1v) is 8.18. The van der Waals surface area contributed by atoms with Crippen molar-refractivity contribution in [1.82, 2.24) is 20.2 Å². The molecule has 0 aliphatic carbocycles. The molecule has 2 heterocycles. The lowest BCUT2D eigenvalue weighted by atomic mass is 9.97. The van der Waals surface area contributed by atoms with Crippen LogP contribution in [0.15, 0.2) is 30.5 Å². The van der Waals surface area contributed by atoms with Crippen LogP contribution in [0.2, 0.25) is 0 Å². The number of benzene rings is 1. The molecule has 1 aromatic carbocycles. The number of amides is 2. The van der Waals surface area contributed by atoms with Gasteiger partial charge in [-0.05, 0) is 25.0 Å². The Bertz CT molecular complexity index is 749. The van der Waals surface area contributed by atoms with Crippen molar-refractivity contribution < 1.29 is 9.59 Å². The van der Waals surface area contributed by atoms with Crippen LogP contribution in [0.1, 0.15) is 23.3 Å². The number of nitrogens with one attached hydrogen (secondary N) is 1. The maximum Gasteiger partial charge on any atom is 0.274 e. The maximum absolute atomic E-state index is 12.7. The molecule has 1 aromatic heterocycles. The van der Waals surface area contributed by atoms with Crippen LogP contribution in [-0.4, -0.2) is 52.9 Å². The van der Waals surface area contributed by atoms with E-state index in [2.05, 4.69) is 15.3 Å². The first-order valence-electron chi connectivity index (χ1n) is 8.18. The minimum absolute atomic E-state index is 0.0393. The number of fused-ring (bicyclic) bond motifs is 1. The molecule has 2 aromatic rings. The molecule has 1 fully saturated rings. The third kappa shape index (κ3) is 3.51. The molecular formula is C17H21N5O2. The molecule has 2 amide bonds. The molecule has 1 aliphatic rings. The fourth-order valence-corrected chi connectivity index (χ4v) is 2.94. The van der Waals surface area contributed by atoms with E-state index < -0.39 is 0 Å². The molecule has 3 rings (SSSR count). The molecule has 1 unspecified atom stereocenters. The number of nitrogens with two attached hydrogens (primary N) is 1. The second kappa shape index (κ2) is 7.35. The first kappa shape index (κ1) is 16.3. The fourth-order valence-electron chi connectivity index (χ4n) is 2.94. The van der Waals surface area contributed by atoms with Gasteiger partial charge in [-0.1, -0.05) is 12.1 Å². The zero-order valence-electron chi connectivity index (χ0n) is 13.4. The largest absolute Gasteiger partial charge is 0.355 e. The van der Waals surface area contributed by atoms with E-state index in [1.807, 2.05) is 24.3 Å². The van der Waals surface area contributed by atoms with Crippen LogP contribution in [0.4, 0.5) is 0 Å². The number of carbonyl (C=O) groups excluding carboxylic acids is 2. The van der Waals surface area contributed by atoms with Crippen molar-refractivity contribution in [2.45, 2.75) is 12.8 Å². The molecule has 0 spiro atoms. The first-order chi connectivity index (χ1) is 11.7. The van der Waals surface area contributed by atoms with Gasteiger partial charge in [-0.2, -0.15) is 0 Å². The summed E-state index contributed by atoms with van der Waals surface area (Å²) in [6, 6.07) is 7.44. The highest BCUT2D eigenvalue weighted by Crippen LogP contribution is 2.19. The van der Waals surface area contributed by atoms with Gasteiger partial charge in [0, 0.05) is 26.2 Å². The normalized spacial score (nSPS) is 17.7. The SMILES string of the molecule is NCCNC(=O)C1CCCN(C(=O)c2cnc3ccccc3n2)C1. The summed E-state index contributed by atoms with van der Waals surface area (Å²) in [5.74, 6) is -0.408. The third-order valence-electron chi connectivity index (χ3n) is 4.19. The van der Waals surface area contributed by atoms with Crippen molar-refractivity contribution in [3.05, 3.63) is 36.2 Å². The lowest BCUT2D eigenvalue weighted by Gasteiger charge is -2.31. The molecule has 1 atom stereocenters. The van der Waals surface area contributed by atoms with Crippen LogP contribution < -0.4 is 11.1 Å². The van der Waals surface area contributed by atoms with Crippen LogP contribution >= 0.6 is 0 Å². The molecular weight excluding hydrogens is 306 g/mol. The van der Waals surface area contributed by atoms with Gasteiger partial charge in [-0.3, -0.25) is 14.6 Å². The van der Waals surface area contributed by atoms with Crippen molar-refractivity contribution in [3.63, 3.8) is 0 Å². The Kier molecular flexibility index (Phi) is 5.00. The fraction of sp³-hybridized carbons (Fsp3) is 0.412. The minimum Gasteiger partial charge on any atom is -0.355 e. The Labute approximate surface area is 140 Å². The van der Waals surface area contributed by atoms with Crippen LogP contribution in [-0.2, 0) is 4.79 Å². The number of aromatic nitrogens is 2. The molecule has 0 radical (unpaired) electrons. The van der Waals surface area contributed by atoms with Gasteiger partial charge < -0.3 is 16.0 Å². The monoisotopic (exact) mass is 327 g/mol. The van der Waals surface area contributed by atoms with E-state index in [9.17, 15) is 9.59 Å². The highest BCUT2D eigenvalue weighted by atomic mass is 16.2. The molecule has 7 nitrogen and oxygen atoms in total. The second-order valence-electron chi connectivity index (χ2n) is 5.91. The molecule has 7 heteroatoms. The molecule has 24 heavy (non-hydrogen) atoms. The third-order valence-corrected chi connectivity index (χ3v) is 4.19. The van der Waals surface area contributed by atoms with Gasteiger partial charge in [0.2, 0.25) is 5.91 Å². The number of nitrogens with zero attached hydrogens (tertiary/aromatic N) is 3. The van der Waals surface area contributed by atoms with E-state index in [0.717, 1.165) is 18.4 Å². The van der Waals surface area contributed by atoms with E-state index >= 15 is 0 Å². The van der Waals surface area contributed by atoms with E-state index in [4.69, 9.17) is 5.73 Å². The maximum atomic E-state index is 12.7. The average Bonchev–Trinajstić information content (AvgIpc) is 2.65. The molecule has 126 valence electrons. The van der Waals surface area contributed by atoms with Gasteiger partial charge in [0.05, 0.1) is 23.1 Å². The van der Waals surface area contributed by atoms with Crippen LogP contribution in [0.3, 0.4) is 0 Å². The summed E-state index contributed by atoms with van der Waals surface area (Å²) >= 11 is 0. The Balaban J connectivity index is 1.72. The molecule has 0 bridgehead atoms. The number of piperidine rings is 1. The lowest BCUT2D eigenvalue weighted by molar-refractivity contribution is -0.126. The van der Waals surface area contributed by atoms with Gasteiger partial charge in [0.1, 0.15) is 5.69 Å². The summed E-state index contributed by atoms with van der Waals surface area (Å²) in [7, 11) is 0. The highest BCUT2D eigenvalue weighted by Gasteiger charge is 2.29. The van der Waals surface area contributed by atoms with Gasteiger partial charge in [0.15, 0.2) is 0 Å². The number of hydrogen-bond donors (Lipinski definition) is 2. The van der Waals surface area contributed by atoms with Gasteiger partial charge in [-0.25, -0.2) is 4.98 Å². The zero-order chi connectivity index (χ0) is 16.9. The summed E-state index contributed by atoms with van der Waals surface area (Å²) in [5.41, 5.74) is 7.17. The molecule has 1 saturated heterocycles. The molecule has 0 saturated carbocycles. The van der Waals surface area contributed by atoms with E-state index in [-0.39, 0.29) is 17.7 Å². The van der Waals surface area contributed by atoms with Gasteiger partial charge in [0.25, 0.3) is 5.91 Å². The summed E-state index contributed by atoms with van der Waals surface area (Å²) in [4.78, 5) is 35.2. The van der Waals surface area contributed by atoms with Crippen molar-refractivity contribution in [1.29, 1.82) is 0 Å². The molecule has 3 N–H and O–H groups in total. The number of carbonyl (C=O) groups is 2. The predicted molar refractivity (Wildman–Crippen MR) is 90.2 cm³/mol. The van der Waals surface area contributed by atoms with Crippen LogP contribution in [0.5, 0.6) is 0 Å². The van der Waals surface area contributed by atoms with Crippen molar-refractivity contribution in [2.75, 3.05) is 26.2 Å². The van der Waals surface area contributed by atoms with Gasteiger partial charge in [-0.15, -0.1) is 0 Å². The number of para-hydroxylation sites is 2. The number of likely N-dealkylation sites (tertiary alicyclic amines) is 1. The highest BCUT2D eigenvalue weighted by molar-refractivity contribution is 5.94. The van der Waals surface area contributed by atoms with Crippen LogP contribution in [0.25, 0.3) is 11.0 Å². The van der Waals surface area contributed by atoms with Crippen molar-refractivity contribution in [3.8, 4) is 0 Å². The standard InChI is InChI=1S/C17H21N5O2/c18-7-8-19-16(23)12-4-3-9-22(11-12)17(24)15-10-20-13-5-1-2-6-14(13)21-15/h1-2,5-6,10,12H,3-4,7-9,11,18H2,(H,19,23). The van der Waals surface area contributed by atoms with Crippen molar-refractivity contribution >= 4 is 22.8 Å². The zero-order valence-corrected chi connectivity index (χ0v) is 13.4. The predicted octanol–water partition coefficient (Wildman–Crippen LogP) is 0.557. The minimum atomic E-state index is -0.192. The van der Waals surface area contributed by atoms with E-state index in [1.165, 1.54) is 6.20 Å². The Hall–Kier alpha value is -2.54. The smallest absolute Gasteiger partial charge is 0.274 e. The lowest BCUT2D eigenvalue weighted by Crippen LogP contribution is -2.46. The Morgan fingerprint density at radius 2 is 2.08 bits per heavy atom. The van der Waals surface area contributed by atoms with Crippen LogP contribution in [0, 0.1) is 5.92 Å². The molecule has 1 aliphatic heterocycles. The summed E-state index contributed by atoms with van der Waals surface area (Å²) in [6.07, 6.45) is 3.08. The quantitative estimate of drug-likeness (QED) is 0.854. The van der Waals surface area contributed by atoms with Gasteiger partial charge >= 0.3 is 0 Å². The van der Waals surface area contributed by atoms with E-state index in [0.29, 0.717) is 37.4 Å². The Morgan fingerprint density at radius 1 is 1.29 bits per heavy atom. The van der Waals surface area contributed by atoms with E-state index in [1.54, 1.807) is 4.90 Å². The van der Waals surface area contributed by atoms with Crippen molar-refractivity contribution in [2.24, 2.45) is 11.7 Å². The Morgan fingerprint density at radius 3 is 2.88 bits per heavy atom. The average molecular weight is 327 g/mol. The summed E-state index contributed by atoms with van der Waals surface area (Å²) in [5, 5.41) is 2.80. The number of rotatable bonds is 4. The summed E-state index contributed by atoms with van der Waals surface area (Å²) < 4.78 is 0. The number of hydrogen-bond acceptors (Lipinski definition) is 5.